The van der Waals surface area contributed by atoms with Crippen LogP contribution in [0.1, 0.15) is 16.7 Å². The summed E-state index contributed by atoms with van der Waals surface area (Å²) in [4.78, 5) is 18.5. The summed E-state index contributed by atoms with van der Waals surface area (Å²) in [7, 11) is 0. The van der Waals surface area contributed by atoms with Crippen LogP contribution in [0.15, 0.2) is 77.8 Å². The van der Waals surface area contributed by atoms with Gasteiger partial charge in [-0.1, -0.05) is 42.5 Å². The predicted octanol–water partition coefficient (Wildman–Crippen LogP) is 4.45. The van der Waals surface area contributed by atoms with Crippen LogP contribution >= 0.6 is 0 Å². The molecule has 7 nitrogen and oxygen atoms in total. The van der Waals surface area contributed by atoms with Gasteiger partial charge in [-0.05, 0) is 36.7 Å². The third-order valence-corrected chi connectivity index (χ3v) is 4.87. The fraction of sp³-hybridized carbons (Fsp3) is 0.0870. The highest BCUT2D eigenvalue weighted by atomic mass is 16.6. The van der Waals surface area contributed by atoms with E-state index >= 15 is 0 Å². The molecule has 1 heterocycles. The lowest BCUT2D eigenvalue weighted by atomic mass is 10.0. The highest BCUT2D eigenvalue weighted by molar-refractivity contribution is 6.22. The second-order valence-corrected chi connectivity index (χ2v) is 6.87. The van der Waals surface area contributed by atoms with Gasteiger partial charge in [0.1, 0.15) is 0 Å². The summed E-state index contributed by atoms with van der Waals surface area (Å²) in [5.74, 6) is -0.0900. The molecule has 150 valence electrons. The molecular formula is C23H20N4O3. The van der Waals surface area contributed by atoms with E-state index in [-0.39, 0.29) is 11.6 Å². The predicted molar refractivity (Wildman–Crippen MR) is 118 cm³/mol. The Kier molecular flexibility index (Phi) is 5.28. The highest BCUT2D eigenvalue weighted by Crippen LogP contribution is 2.33. The second-order valence-electron chi connectivity index (χ2n) is 6.87. The number of nitrogens with zero attached hydrogens (tertiary/aromatic N) is 2. The number of H-pyrrole nitrogens is 1. The van der Waals surface area contributed by atoms with Crippen molar-refractivity contribution in [3.63, 3.8) is 0 Å². The summed E-state index contributed by atoms with van der Waals surface area (Å²) in [5, 5.41) is 22.5. The van der Waals surface area contributed by atoms with Crippen molar-refractivity contribution in [2.24, 2.45) is 10.7 Å². The van der Waals surface area contributed by atoms with E-state index in [0.29, 0.717) is 34.4 Å². The number of nitrogens with one attached hydrogen (secondary N) is 1. The van der Waals surface area contributed by atoms with Gasteiger partial charge in [0.2, 0.25) is 0 Å². The van der Waals surface area contributed by atoms with Crippen LogP contribution in [0, 0.1) is 10.1 Å². The Balaban J connectivity index is 1.92. The number of non-ortho nitro benzene ring substituents is 1. The van der Waals surface area contributed by atoms with Crippen molar-refractivity contribution in [1.82, 2.24) is 4.98 Å². The summed E-state index contributed by atoms with van der Waals surface area (Å²) < 4.78 is 0. The first kappa shape index (κ1) is 19.4. The molecule has 7 heteroatoms. The summed E-state index contributed by atoms with van der Waals surface area (Å²) in [5.41, 5.74) is 9.70. The molecule has 4 N–H and O–H groups in total. The van der Waals surface area contributed by atoms with Crippen LogP contribution < -0.4 is 5.73 Å². The average Bonchev–Trinajstić information content (AvgIpc) is 3.09. The zero-order valence-corrected chi connectivity index (χ0v) is 16.1. The number of aromatic amines is 1. The van der Waals surface area contributed by atoms with E-state index in [1.54, 1.807) is 6.07 Å². The lowest BCUT2D eigenvalue weighted by Gasteiger charge is -2.08. The Labute approximate surface area is 172 Å². The molecule has 1 aromatic heterocycles. The van der Waals surface area contributed by atoms with Crippen LogP contribution in [-0.2, 0) is 6.42 Å². The molecule has 30 heavy (non-hydrogen) atoms. The Morgan fingerprint density at radius 3 is 2.47 bits per heavy atom. The summed E-state index contributed by atoms with van der Waals surface area (Å²) >= 11 is 0. The Morgan fingerprint density at radius 1 is 1.07 bits per heavy atom. The maximum Gasteiger partial charge on any atom is 0.270 e. The zero-order valence-electron chi connectivity index (χ0n) is 16.1. The number of benzene rings is 3. The molecule has 0 spiro atoms. The average molecular weight is 400 g/mol. The number of nitro benzene ring substituents is 1. The molecule has 0 atom stereocenters. The van der Waals surface area contributed by atoms with Crippen molar-refractivity contribution in [2.75, 3.05) is 6.54 Å². The number of hydrogen-bond donors (Lipinski definition) is 3. The number of aliphatic imine (C=N–C) groups is 1. The zero-order chi connectivity index (χ0) is 21.1. The van der Waals surface area contributed by atoms with Crippen molar-refractivity contribution in [2.45, 2.75) is 6.42 Å². The summed E-state index contributed by atoms with van der Waals surface area (Å²) in [6.45, 7) is 0.569. The van der Waals surface area contributed by atoms with E-state index in [0.717, 1.165) is 17.5 Å². The minimum atomic E-state index is -0.456. The van der Waals surface area contributed by atoms with Crippen LogP contribution in [0.2, 0.25) is 0 Å². The fourth-order valence-corrected chi connectivity index (χ4v) is 3.41. The quantitative estimate of drug-likeness (QED) is 0.252. The molecule has 0 aliphatic rings. The smallest absolute Gasteiger partial charge is 0.270 e. The minimum Gasteiger partial charge on any atom is -0.494 e. The van der Waals surface area contributed by atoms with Crippen LogP contribution in [0.4, 0.5) is 11.4 Å². The first-order valence-electron chi connectivity index (χ1n) is 9.49. The molecule has 0 radical (unpaired) electrons. The van der Waals surface area contributed by atoms with E-state index < -0.39 is 4.92 Å². The maximum atomic E-state index is 11.3. The molecule has 0 aliphatic carbocycles. The van der Waals surface area contributed by atoms with Gasteiger partial charge in [0, 0.05) is 28.6 Å². The second kappa shape index (κ2) is 8.18. The third-order valence-electron chi connectivity index (χ3n) is 4.87. The van der Waals surface area contributed by atoms with Crippen LogP contribution in [-0.4, -0.2) is 27.3 Å². The number of fused-ring (bicyclic) bond motifs is 1. The van der Waals surface area contributed by atoms with Gasteiger partial charge in [0.25, 0.3) is 5.69 Å². The van der Waals surface area contributed by atoms with Gasteiger partial charge in [0.05, 0.1) is 21.9 Å². The van der Waals surface area contributed by atoms with Crippen molar-refractivity contribution >= 4 is 28.0 Å². The monoisotopic (exact) mass is 400 g/mol. The normalized spacial score (nSPS) is 11.7. The Bertz CT molecular complexity index is 1230. The van der Waals surface area contributed by atoms with Crippen molar-refractivity contribution in [1.29, 1.82) is 0 Å². The molecule has 0 amide bonds. The molecule has 0 unspecified atom stereocenters. The number of rotatable bonds is 6. The topological polar surface area (TPSA) is 118 Å². The number of nitrogens with two attached hydrogens (primary N) is 1. The van der Waals surface area contributed by atoms with Gasteiger partial charge in [-0.25, -0.2) is 4.99 Å². The molecule has 0 saturated carbocycles. The van der Waals surface area contributed by atoms with Crippen LogP contribution in [0.25, 0.3) is 10.9 Å². The maximum absolute atomic E-state index is 11.3. The molecule has 0 aliphatic heterocycles. The van der Waals surface area contributed by atoms with Gasteiger partial charge in [-0.3, -0.25) is 10.1 Å². The summed E-state index contributed by atoms with van der Waals surface area (Å²) in [6, 6.07) is 21.6. The van der Waals surface area contributed by atoms with E-state index in [1.807, 2.05) is 54.6 Å². The van der Waals surface area contributed by atoms with Crippen molar-refractivity contribution in [3.8, 4) is 5.88 Å². The third kappa shape index (κ3) is 3.78. The van der Waals surface area contributed by atoms with Gasteiger partial charge >= 0.3 is 0 Å². The van der Waals surface area contributed by atoms with Crippen molar-refractivity contribution in [3.05, 3.63) is 99.6 Å². The van der Waals surface area contributed by atoms with Crippen LogP contribution in [0.5, 0.6) is 5.88 Å². The van der Waals surface area contributed by atoms with E-state index in [9.17, 15) is 15.2 Å². The first-order valence-corrected chi connectivity index (χ1v) is 9.49. The number of hydrogen-bond acceptors (Lipinski definition) is 5. The van der Waals surface area contributed by atoms with Gasteiger partial charge in [-0.2, -0.15) is 0 Å². The summed E-state index contributed by atoms with van der Waals surface area (Å²) in [6.07, 6.45) is 0.780. The van der Waals surface area contributed by atoms with Crippen molar-refractivity contribution < 1.29 is 10.0 Å². The van der Waals surface area contributed by atoms with Gasteiger partial charge in [-0.15, -0.1) is 0 Å². The highest BCUT2D eigenvalue weighted by Gasteiger charge is 2.20. The molecule has 4 rings (SSSR count). The molecule has 0 fully saturated rings. The number of aromatic nitrogens is 1. The minimum absolute atomic E-state index is 0.0544. The first-order chi connectivity index (χ1) is 14.6. The number of aromatic hydroxyl groups is 1. The largest absolute Gasteiger partial charge is 0.494 e. The van der Waals surface area contributed by atoms with Gasteiger partial charge < -0.3 is 15.8 Å². The van der Waals surface area contributed by atoms with Gasteiger partial charge in [0.15, 0.2) is 5.88 Å². The number of nitro groups is 1. The lowest BCUT2D eigenvalue weighted by molar-refractivity contribution is -0.384. The van der Waals surface area contributed by atoms with E-state index in [1.165, 1.54) is 12.1 Å². The molecular weight excluding hydrogens is 380 g/mol. The standard InChI is InChI=1S/C23H20N4O3/c24-13-12-15-6-8-17(9-7-15)25-22(16-4-2-1-3-5-16)21-19-14-18(27(29)30)10-11-20(19)26-23(21)28/h1-11,14,26,28H,12-13,24H2. The van der Waals surface area contributed by atoms with E-state index in [4.69, 9.17) is 10.7 Å². The lowest BCUT2D eigenvalue weighted by Crippen LogP contribution is -2.03. The molecule has 4 aromatic rings. The molecule has 3 aromatic carbocycles. The molecule has 0 bridgehead atoms. The Morgan fingerprint density at radius 2 is 1.80 bits per heavy atom. The SMILES string of the molecule is NCCc1ccc(N=C(c2ccccc2)c2c(O)[nH]c3ccc([N+](=O)[O-])cc23)cc1. The molecule has 0 saturated heterocycles. The van der Waals surface area contributed by atoms with E-state index in [2.05, 4.69) is 4.98 Å². The fourth-order valence-electron chi connectivity index (χ4n) is 3.41. The van der Waals surface area contributed by atoms with Crippen LogP contribution in [0.3, 0.4) is 0 Å². The Hall–Kier alpha value is -3.97.